The average molecular weight is 228 g/mol. The summed E-state index contributed by atoms with van der Waals surface area (Å²) in [5, 5.41) is 3.08. The van der Waals surface area contributed by atoms with Crippen LogP contribution in [0.1, 0.15) is 40.5 Å². The molecule has 16 heavy (non-hydrogen) atoms. The van der Waals surface area contributed by atoms with Crippen LogP contribution in [0.25, 0.3) is 0 Å². The van der Waals surface area contributed by atoms with Crippen molar-refractivity contribution in [3.05, 3.63) is 0 Å². The molecule has 0 aromatic heterocycles. The minimum atomic E-state index is 0.357. The van der Waals surface area contributed by atoms with Crippen molar-refractivity contribution in [3.8, 4) is 0 Å². The molecule has 4 nitrogen and oxygen atoms in total. The van der Waals surface area contributed by atoms with Gasteiger partial charge in [0.05, 0.1) is 0 Å². The fourth-order valence-corrected chi connectivity index (χ4v) is 1.27. The Balaban J connectivity index is 3.52. The molecule has 0 aliphatic carbocycles. The number of hydrogen-bond donors (Lipinski definition) is 2. The minimum absolute atomic E-state index is 0.357. The molecule has 0 aliphatic heterocycles. The highest BCUT2D eigenvalue weighted by atomic mass is 15.1. The Morgan fingerprint density at radius 3 is 2.38 bits per heavy atom. The van der Waals surface area contributed by atoms with Crippen LogP contribution in [0.2, 0.25) is 0 Å². The molecule has 0 bridgehead atoms. The summed E-state index contributed by atoms with van der Waals surface area (Å²) in [7, 11) is 2.16. The van der Waals surface area contributed by atoms with Crippen LogP contribution in [0.3, 0.4) is 0 Å². The van der Waals surface area contributed by atoms with Crippen LogP contribution >= 0.6 is 0 Å². The van der Waals surface area contributed by atoms with Crippen LogP contribution in [0, 0.1) is 0 Å². The van der Waals surface area contributed by atoms with Crippen molar-refractivity contribution >= 4 is 5.96 Å². The van der Waals surface area contributed by atoms with Gasteiger partial charge in [0.25, 0.3) is 0 Å². The van der Waals surface area contributed by atoms with Gasteiger partial charge in [-0.15, -0.1) is 0 Å². The maximum absolute atomic E-state index is 5.69. The van der Waals surface area contributed by atoms with Crippen LogP contribution in [0.4, 0.5) is 0 Å². The standard InChI is InChI=1S/C12H28N4/c1-10(2)15-12(13)14-8-6-7-9-16(5)11(3)4/h10-11H,6-9H2,1-5H3,(H3,13,14,15). The van der Waals surface area contributed by atoms with Gasteiger partial charge in [-0.2, -0.15) is 0 Å². The molecule has 0 spiro atoms. The van der Waals surface area contributed by atoms with E-state index >= 15 is 0 Å². The summed E-state index contributed by atoms with van der Waals surface area (Å²) >= 11 is 0. The van der Waals surface area contributed by atoms with Gasteiger partial charge in [-0.1, -0.05) is 0 Å². The highest BCUT2D eigenvalue weighted by molar-refractivity contribution is 5.77. The van der Waals surface area contributed by atoms with E-state index in [1.165, 1.54) is 6.42 Å². The number of nitrogens with zero attached hydrogens (tertiary/aromatic N) is 2. The summed E-state index contributed by atoms with van der Waals surface area (Å²) in [6.07, 6.45) is 2.27. The molecule has 3 N–H and O–H groups in total. The first kappa shape index (κ1) is 15.2. The third-order valence-corrected chi connectivity index (χ3v) is 2.52. The van der Waals surface area contributed by atoms with E-state index in [1.807, 2.05) is 0 Å². The molecule has 4 heteroatoms. The predicted octanol–water partition coefficient (Wildman–Crippen LogP) is 1.42. The lowest BCUT2D eigenvalue weighted by Crippen LogP contribution is -2.36. The van der Waals surface area contributed by atoms with Crippen molar-refractivity contribution in [2.24, 2.45) is 10.7 Å². The minimum Gasteiger partial charge on any atom is -0.370 e. The molecule has 0 atom stereocenters. The first-order valence-electron chi connectivity index (χ1n) is 6.20. The third kappa shape index (κ3) is 8.53. The van der Waals surface area contributed by atoms with E-state index in [-0.39, 0.29) is 0 Å². The van der Waals surface area contributed by atoms with Gasteiger partial charge >= 0.3 is 0 Å². The summed E-state index contributed by atoms with van der Waals surface area (Å²) in [6, 6.07) is 0.979. The molecular formula is C12H28N4. The Morgan fingerprint density at radius 2 is 1.88 bits per heavy atom. The zero-order valence-corrected chi connectivity index (χ0v) is 11.5. The van der Waals surface area contributed by atoms with E-state index in [0.29, 0.717) is 18.0 Å². The Kier molecular flexibility index (Phi) is 7.99. The molecule has 0 aromatic carbocycles. The van der Waals surface area contributed by atoms with E-state index in [1.54, 1.807) is 0 Å². The van der Waals surface area contributed by atoms with Crippen LogP contribution in [-0.4, -0.2) is 43.1 Å². The third-order valence-electron chi connectivity index (χ3n) is 2.52. The maximum Gasteiger partial charge on any atom is 0.188 e. The number of nitrogens with two attached hydrogens (primary N) is 1. The van der Waals surface area contributed by atoms with E-state index in [2.05, 4.69) is 50.0 Å². The largest absolute Gasteiger partial charge is 0.370 e. The fraction of sp³-hybridized carbons (Fsp3) is 0.917. The van der Waals surface area contributed by atoms with Crippen LogP contribution in [-0.2, 0) is 0 Å². The highest BCUT2D eigenvalue weighted by Gasteiger charge is 2.01. The van der Waals surface area contributed by atoms with E-state index < -0.39 is 0 Å². The molecule has 0 fully saturated rings. The second-order valence-electron chi connectivity index (χ2n) is 4.85. The normalized spacial score (nSPS) is 12.9. The number of aliphatic imine (C=N–C) groups is 1. The lowest BCUT2D eigenvalue weighted by molar-refractivity contribution is 0.269. The van der Waals surface area contributed by atoms with Gasteiger partial charge in [-0.3, -0.25) is 4.99 Å². The number of hydrogen-bond acceptors (Lipinski definition) is 2. The van der Waals surface area contributed by atoms with Crippen LogP contribution < -0.4 is 11.1 Å². The molecule has 0 rings (SSSR count). The molecule has 0 saturated carbocycles. The van der Waals surface area contributed by atoms with Gasteiger partial charge < -0.3 is 16.0 Å². The lowest BCUT2D eigenvalue weighted by Gasteiger charge is -2.20. The van der Waals surface area contributed by atoms with Crippen molar-refractivity contribution < 1.29 is 0 Å². The van der Waals surface area contributed by atoms with Gasteiger partial charge in [0.1, 0.15) is 0 Å². The lowest BCUT2D eigenvalue weighted by atomic mass is 10.2. The Bertz CT molecular complexity index is 199. The predicted molar refractivity (Wildman–Crippen MR) is 71.8 cm³/mol. The second-order valence-corrected chi connectivity index (χ2v) is 4.85. The summed E-state index contributed by atoms with van der Waals surface area (Å²) < 4.78 is 0. The zero-order chi connectivity index (χ0) is 12.6. The summed E-state index contributed by atoms with van der Waals surface area (Å²) in [5.74, 6) is 0.562. The Hall–Kier alpha value is -0.770. The summed E-state index contributed by atoms with van der Waals surface area (Å²) in [4.78, 5) is 6.62. The molecule has 0 radical (unpaired) electrons. The van der Waals surface area contributed by atoms with Crippen molar-refractivity contribution in [2.75, 3.05) is 20.1 Å². The number of unbranched alkanes of at least 4 members (excludes halogenated alkanes) is 1. The van der Waals surface area contributed by atoms with Gasteiger partial charge in [0.2, 0.25) is 0 Å². The highest BCUT2D eigenvalue weighted by Crippen LogP contribution is 1.98. The fourth-order valence-electron chi connectivity index (χ4n) is 1.27. The second kappa shape index (κ2) is 8.39. The van der Waals surface area contributed by atoms with E-state index in [0.717, 1.165) is 19.5 Å². The van der Waals surface area contributed by atoms with Crippen molar-refractivity contribution in [2.45, 2.75) is 52.6 Å². The quantitative estimate of drug-likeness (QED) is 0.394. The summed E-state index contributed by atoms with van der Waals surface area (Å²) in [6.45, 7) is 10.5. The number of guanidine groups is 1. The topological polar surface area (TPSA) is 53.6 Å². The zero-order valence-electron chi connectivity index (χ0n) is 11.5. The van der Waals surface area contributed by atoms with Crippen molar-refractivity contribution in [1.29, 1.82) is 0 Å². The average Bonchev–Trinajstić information content (AvgIpc) is 2.15. The SMILES string of the molecule is CC(C)NC(N)=NCCCCN(C)C(C)C. The monoisotopic (exact) mass is 228 g/mol. The molecule has 0 amide bonds. The first-order chi connectivity index (χ1) is 7.43. The van der Waals surface area contributed by atoms with E-state index in [4.69, 9.17) is 5.73 Å². The molecule has 0 heterocycles. The van der Waals surface area contributed by atoms with Gasteiger partial charge in [-0.25, -0.2) is 0 Å². The van der Waals surface area contributed by atoms with E-state index in [9.17, 15) is 0 Å². The van der Waals surface area contributed by atoms with Crippen molar-refractivity contribution in [1.82, 2.24) is 10.2 Å². The molecular weight excluding hydrogens is 200 g/mol. The molecule has 0 saturated heterocycles. The number of nitrogens with one attached hydrogen (secondary N) is 1. The molecule has 96 valence electrons. The molecule has 0 aromatic rings. The molecule has 0 aliphatic rings. The van der Waals surface area contributed by atoms with Gasteiger partial charge in [0, 0.05) is 18.6 Å². The Labute approximate surface area is 100 Å². The summed E-state index contributed by atoms with van der Waals surface area (Å²) in [5.41, 5.74) is 5.69. The smallest absolute Gasteiger partial charge is 0.188 e. The van der Waals surface area contributed by atoms with Gasteiger partial charge in [0.15, 0.2) is 5.96 Å². The number of rotatable bonds is 7. The molecule has 0 unspecified atom stereocenters. The van der Waals surface area contributed by atoms with Gasteiger partial charge in [-0.05, 0) is 54.1 Å². The van der Waals surface area contributed by atoms with Crippen LogP contribution in [0.15, 0.2) is 4.99 Å². The first-order valence-corrected chi connectivity index (χ1v) is 6.20. The Morgan fingerprint density at radius 1 is 1.25 bits per heavy atom. The van der Waals surface area contributed by atoms with Crippen LogP contribution in [0.5, 0.6) is 0 Å². The van der Waals surface area contributed by atoms with Crippen molar-refractivity contribution in [3.63, 3.8) is 0 Å². The maximum atomic E-state index is 5.69.